The molecule has 0 saturated carbocycles. The summed E-state index contributed by atoms with van der Waals surface area (Å²) in [7, 11) is -3.53. The SMILES string of the molecule is O=S(=O)(NC1CC=CC1)c1ccc(Br)cc1Cl. The first-order valence-corrected chi connectivity index (χ1v) is 7.77. The van der Waals surface area contributed by atoms with Gasteiger partial charge in [-0.1, -0.05) is 39.7 Å². The minimum absolute atomic E-state index is 0.0558. The number of benzene rings is 1. The number of sulfonamides is 1. The second-order valence-electron chi connectivity index (χ2n) is 3.84. The van der Waals surface area contributed by atoms with Crippen LogP contribution in [0.25, 0.3) is 0 Å². The van der Waals surface area contributed by atoms with Crippen molar-refractivity contribution >= 4 is 37.6 Å². The van der Waals surface area contributed by atoms with Crippen LogP contribution in [0.2, 0.25) is 5.02 Å². The first kappa shape index (κ1) is 13.1. The average Bonchev–Trinajstić information content (AvgIpc) is 2.68. The fourth-order valence-electron chi connectivity index (χ4n) is 1.69. The van der Waals surface area contributed by atoms with Crippen molar-refractivity contribution in [3.63, 3.8) is 0 Å². The first-order valence-electron chi connectivity index (χ1n) is 5.11. The molecule has 2 rings (SSSR count). The highest BCUT2D eigenvalue weighted by molar-refractivity contribution is 9.10. The summed E-state index contributed by atoms with van der Waals surface area (Å²) in [5.74, 6) is 0. The smallest absolute Gasteiger partial charge is 0.207 e. The summed E-state index contributed by atoms with van der Waals surface area (Å²) in [6, 6.07) is 4.67. The van der Waals surface area contributed by atoms with Crippen LogP contribution in [0.4, 0.5) is 0 Å². The van der Waals surface area contributed by atoms with E-state index < -0.39 is 10.0 Å². The molecule has 0 bridgehead atoms. The van der Waals surface area contributed by atoms with E-state index in [2.05, 4.69) is 20.7 Å². The number of halogens is 2. The Morgan fingerprint density at radius 3 is 2.53 bits per heavy atom. The Balaban J connectivity index is 2.25. The minimum atomic E-state index is -3.53. The molecule has 17 heavy (non-hydrogen) atoms. The standard InChI is InChI=1S/C11H11BrClNO2S/c12-8-5-6-11(10(13)7-8)17(15,16)14-9-3-1-2-4-9/h1-2,5-7,9,14H,3-4H2. The van der Waals surface area contributed by atoms with Crippen molar-refractivity contribution in [1.29, 1.82) is 0 Å². The van der Waals surface area contributed by atoms with Crippen LogP contribution >= 0.6 is 27.5 Å². The maximum atomic E-state index is 12.1. The highest BCUT2D eigenvalue weighted by Crippen LogP contribution is 2.26. The third kappa shape index (κ3) is 3.10. The Morgan fingerprint density at radius 2 is 1.94 bits per heavy atom. The van der Waals surface area contributed by atoms with Gasteiger partial charge in [-0.2, -0.15) is 0 Å². The van der Waals surface area contributed by atoms with Crippen LogP contribution in [0.3, 0.4) is 0 Å². The molecule has 0 heterocycles. The molecule has 0 radical (unpaired) electrons. The Morgan fingerprint density at radius 1 is 1.29 bits per heavy atom. The lowest BCUT2D eigenvalue weighted by Gasteiger charge is -2.13. The fraction of sp³-hybridized carbons (Fsp3) is 0.273. The molecule has 3 nitrogen and oxygen atoms in total. The van der Waals surface area contributed by atoms with Gasteiger partial charge in [0, 0.05) is 10.5 Å². The van der Waals surface area contributed by atoms with Gasteiger partial charge in [0.25, 0.3) is 0 Å². The molecule has 0 fully saturated rings. The molecule has 1 aromatic carbocycles. The molecule has 1 aliphatic carbocycles. The van der Waals surface area contributed by atoms with Crippen molar-refractivity contribution in [2.24, 2.45) is 0 Å². The fourth-order valence-corrected chi connectivity index (χ4v) is 3.99. The van der Waals surface area contributed by atoms with Crippen molar-refractivity contribution in [2.75, 3.05) is 0 Å². The maximum absolute atomic E-state index is 12.1. The largest absolute Gasteiger partial charge is 0.242 e. The lowest BCUT2D eigenvalue weighted by molar-refractivity contribution is 0.557. The minimum Gasteiger partial charge on any atom is -0.207 e. The summed E-state index contributed by atoms with van der Waals surface area (Å²) < 4.78 is 27.6. The summed E-state index contributed by atoms with van der Waals surface area (Å²) in [5.41, 5.74) is 0. The van der Waals surface area contributed by atoms with Gasteiger partial charge in [0.05, 0.1) is 5.02 Å². The van der Waals surface area contributed by atoms with Crippen molar-refractivity contribution < 1.29 is 8.42 Å². The van der Waals surface area contributed by atoms with E-state index in [0.717, 1.165) is 17.3 Å². The van der Waals surface area contributed by atoms with Crippen LogP contribution in [-0.4, -0.2) is 14.5 Å². The molecule has 92 valence electrons. The quantitative estimate of drug-likeness (QED) is 0.862. The van der Waals surface area contributed by atoms with Crippen LogP contribution in [0.15, 0.2) is 39.7 Å². The van der Waals surface area contributed by atoms with Crippen molar-refractivity contribution in [2.45, 2.75) is 23.8 Å². The molecular weight excluding hydrogens is 326 g/mol. The van der Waals surface area contributed by atoms with E-state index in [0.29, 0.717) is 0 Å². The molecule has 0 spiro atoms. The molecule has 0 atom stereocenters. The van der Waals surface area contributed by atoms with Crippen LogP contribution in [-0.2, 0) is 10.0 Å². The maximum Gasteiger partial charge on any atom is 0.242 e. The van der Waals surface area contributed by atoms with E-state index in [1.807, 2.05) is 12.2 Å². The molecule has 0 aromatic heterocycles. The van der Waals surface area contributed by atoms with Gasteiger partial charge in [0.2, 0.25) is 10.0 Å². The normalized spacial score (nSPS) is 16.6. The van der Waals surface area contributed by atoms with Gasteiger partial charge in [-0.15, -0.1) is 0 Å². The summed E-state index contributed by atoms with van der Waals surface area (Å²) in [4.78, 5) is 0.120. The molecule has 6 heteroatoms. The predicted molar refractivity (Wildman–Crippen MR) is 71.6 cm³/mol. The van der Waals surface area contributed by atoms with Crippen molar-refractivity contribution in [3.8, 4) is 0 Å². The topological polar surface area (TPSA) is 46.2 Å². The Bertz CT molecular complexity index is 549. The Kier molecular flexibility index (Phi) is 3.92. The summed E-state index contributed by atoms with van der Waals surface area (Å²) in [5, 5.41) is 0.220. The van der Waals surface area contributed by atoms with Gasteiger partial charge in [-0.3, -0.25) is 0 Å². The van der Waals surface area contributed by atoms with Crippen LogP contribution in [0, 0.1) is 0 Å². The summed E-state index contributed by atoms with van der Waals surface area (Å²) in [6.07, 6.45) is 5.40. The van der Waals surface area contributed by atoms with Crippen molar-refractivity contribution in [3.05, 3.63) is 39.8 Å². The highest BCUT2D eigenvalue weighted by Gasteiger charge is 2.22. The molecule has 0 unspecified atom stereocenters. The molecule has 0 amide bonds. The third-order valence-electron chi connectivity index (χ3n) is 2.51. The number of nitrogens with one attached hydrogen (secondary N) is 1. The van der Waals surface area contributed by atoms with Crippen LogP contribution in [0.5, 0.6) is 0 Å². The third-order valence-corrected chi connectivity index (χ3v) is 5.01. The van der Waals surface area contributed by atoms with Crippen LogP contribution in [0.1, 0.15) is 12.8 Å². The van der Waals surface area contributed by atoms with E-state index >= 15 is 0 Å². The Hall–Kier alpha value is -0.360. The number of hydrogen-bond donors (Lipinski definition) is 1. The molecule has 1 aromatic rings. The van der Waals surface area contributed by atoms with E-state index in [1.54, 1.807) is 12.1 Å². The van der Waals surface area contributed by atoms with Crippen molar-refractivity contribution in [1.82, 2.24) is 4.72 Å². The van der Waals surface area contributed by atoms with Gasteiger partial charge in [-0.25, -0.2) is 13.1 Å². The molecule has 0 saturated heterocycles. The zero-order valence-electron chi connectivity index (χ0n) is 8.86. The van der Waals surface area contributed by atoms with E-state index in [4.69, 9.17) is 11.6 Å². The zero-order chi connectivity index (χ0) is 12.5. The highest BCUT2D eigenvalue weighted by atomic mass is 79.9. The summed E-state index contributed by atoms with van der Waals surface area (Å²) in [6.45, 7) is 0. The van der Waals surface area contributed by atoms with Gasteiger partial charge < -0.3 is 0 Å². The van der Waals surface area contributed by atoms with Gasteiger partial charge in [0.1, 0.15) is 4.90 Å². The number of rotatable bonds is 3. The lowest BCUT2D eigenvalue weighted by Crippen LogP contribution is -2.33. The van der Waals surface area contributed by atoms with Gasteiger partial charge >= 0.3 is 0 Å². The predicted octanol–water partition coefficient (Wildman–Crippen LogP) is 3.10. The lowest BCUT2D eigenvalue weighted by atomic mass is 10.3. The van der Waals surface area contributed by atoms with Crippen LogP contribution < -0.4 is 4.72 Å². The first-order chi connectivity index (χ1) is 7.99. The average molecular weight is 337 g/mol. The molecule has 1 aliphatic rings. The van der Waals surface area contributed by atoms with E-state index in [-0.39, 0.29) is 16.0 Å². The Labute approximate surface area is 114 Å². The van der Waals surface area contributed by atoms with E-state index in [9.17, 15) is 8.42 Å². The van der Waals surface area contributed by atoms with Gasteiger partial charge in [-0.05, 0) is 31.0 Å². The number of hydrogen-bond acceptors (Lipinski definition) is 2. The zero-order valence-corrected chi connectivity index (χ0v) is 12.0. The molecule has 1 N–H and O–H groups in total. The van der Waals surface area contributed by atoms with E-state index in [1.165, 1.54) is 6.07 Å². The monoisotopic (exact) mass is 335 g/mol. The molecular formula is C11H11BrClNO2S. The second-order valence-corrected chi connectivity index (χ2v) is 6.84. The molecule has 0 aliphatic heterocycles. The summed E-state index contributed by atoms with van der Waals surface area (Å²) >= 11 is 9.18. The van der Waals surface area contributed by atoms with Gasteiger partial charge in [0.15, 0.2) is 0 Å². The second kappa shape index (κ2) is 5.10.